The maximum atomic E-state index is 13.2. The minimum Gasteiger partial charge on any atom is -0.294 e. The molecule has 0 aliphatic carbocycles. The lowest BCUT2D eigenvalue weighted by Gasteiger charge is -2.07. The van der Waals surface area contributed by atoms with Crippen molar-refractivity contribution in [2.24, 2.45) is 0 Å². The summed E-state index contributed by atoms with van der Waals surface area (Å²) in [5.41, 5.74) is 2.08. The van der Waals surface area contributed by atoms with Gasteiger partial charge in [0.2, 0.25) is 0 Å². The summed E-state index contributed by atoms with van der Waals surface area (Å²) in [6.07, 6.45) is 0.0820. The van der Waals surface area contributed by atoms with Crippen LogP contribution in [0, 0.1) is 12.7 Å². The normalized spacial score (nSPS) is 10.5. The van der Waals surface area contributed by atoms with Gasteiger partial charge in [0.15, 0.2) is 5.78 Å². The molecule has 0 saturated carbocycles. The molecule has 2 rings (SSSR count). The second-order valence-electron chi connectivity index (χ2n) is 4.32. The van der Waals surface area contributed by atoms with Crippen molar-refractivity contribution in [1.82, 2.24) is 0 Å². The third-order valence-corrected chi connectivity index (χ3v) is 3.84. The molecule has 0 atom stereocenters. The molecule has 19 heavy (non-hydrogen) atoms. The largest absolute Gasteiger partial charge is 0.294 e. The lowest BCUT2D eigenvalue weighted by atomic mass is 10.0. The fourth-order valence-corrected chi connectivity index (χ4v) is 2.45. The van der Waals surface area contributed by atoms with Crippen molar-refractivity contribution in [2.45, 2.75) is 13.3 Å². The van der Waals surface area contributed by atoms with Crippen LogP contribution in [0.1, 0.15) is 21.5 Å². The van der Waals surface area contributed by atoms with Crippen LogP contribution in [0.15, 0.2) is 40.9 Å². The monoisotopic (exact) mass is 340 g/mol. The van der Waals surface area contributed by atoms with Gasteiger partial charge in [-0.25, -0.2) is 4.39 Å². The van der Waals surface area contributed by atoms with Crippen LogP contribution < -0.4 is 0 Å². The zero-order valence-electron chi connectivity index (χ0n) is 10.2. The third-order valence-electron chi connectivity index (χ3n) is 2.78. The van der Waals surface area contributed by atoms with Gasteiger partial charge < -0.3 is 0 Å². The number of ketones is 1. The van der Waals surface area contributed by atoms with Crippen molar-refractivity contribution < 1.29 is 9.18 Å². The summed E-state index contributed by atoms with van der Waals surface area (Å²) in [6.45, 7) is 1.92. The Morgan fingerprint density at radius 1 is 1.26 bits per heavy atom. The van der Waals surface area contributed by atoms with Crippen molar-refractivity contribution in [3.05, 3.63) is 68.4 Å². The molecule has 0 N–H and O–H groups in total. The molecular weight excluding hydrogens is 331 g/mol. The number of hydrogen-bond donors (Lipinski definition) is 0. The van der Waals surface area contributed by atoms with Crippen molar-refractivity contribution in [3.8, 4) is 0 Å². The van der Waals surface area contributed by atoms with Gasteiger partial charge in [-0.1, -0.05) is 39.2 Å². The van der Waals surface area contributed by atoms with Crippen molar-refractivity contribution >= 4 is 33.3 Å². The maximum Gasteiger partial charge on any atom is 0.168 e. The topological polar surface area (TPSA) is 17.1 Å². The van der Waals surface area contributed by atoms with Crippen LogP contribution in [-0.4, -0.2) is 5.78 Å². The quantitative estimate of drug-likeness (QED) is 0.720. The number of hydrogen-bond acceptors (Lipinski definition) is 1. The predicted octanol–water partition coefficient (Wildman–Crippen LogP) is 4.98. The smallest absolute Gasteiger partial charge is 0.168 e. The first-order valence-corrected chi connectivity index (χ1v) is 6.88. The van der Waals surface area contributed by atoms with Gasteiger partial charge in [-0.15, -0.1) is 0 Å². The molecule has 4 heteroatoms. The molecule has 0 bridgehead atoms. The Morgan fingerprint density at radius 2 is 2.00 bits per heavy atom. The van der Waals surface area contributed by atoms with Gasteiger partial charge in [-0.3, -0.25) is 4.79 Å². The van der Waals surface area contributed by atoms with Crippen LogP contribution in [0.2, 0.25) is 5.02 Å². The van der Waals surface area contributed by atoms with Crippen molar-refractivity contribution in [2.75, 3.05) is 0 Å². The lowest BCUT2D eigenvalue weighted by molar-refractivity contribution is 0.0992. The number of carbonyl (C=O) groups excluding carboxylic acids is 1. The second kappa shape index (κ2) is 5.85. The highest BCUT2D eigenvalue weighted by atomic mass is 79.9. The molecule has 0 aromatic heterocycles. The Balaban J connectivity index is 2.30. The van der Waals surface area contributed by atoms with Crippen LogP contribution in [0.25, 0.3) is 0 Å². The Hall–Kier alpha value is -1.19. The van der Waals surface area contributed by atoms with Gasteiger partial charge >= 0.3 is 0 Å². The molecule has 0 radical (unpaired) electrons. The molecule has 2 aromatic rings. The standard InChI is InChI=1S/C15H11BrClFO/c1-9-2-4-13(16)12(6-9)15(19)8-10-7-11(18)3-5-14(10)17/h2-7H,8H2,1H3. The van der Waals surface area contributed by atoms with E-state index in [0.29, 0.717) is 16.1 Å². The number of rotatable bonds is 3. The van der Waals surface area contributed by atoms with Gasteiger partial charge in [0.1, 0.15) is 5.82 Å². The van der Waals surface area contributed by atoms with Gasteiger partial charge in [0, 0.05) is 21.5 Å². The van der Waals surface area contributed by atoms with Gasteiger partial charge in [-0.05, 0) is 42.8 Å². The number of halogens is 3. The summed E-state index contributed by atoms with van der Waals surface area (Å²) in [5, 5.41) is 0.401. The molecule has 98 valence electrons. The van der Waals surface area contributed by atoms with Crippen LogP contribution in [0.3, 0.4) is 0 Å². The summed E-state index contributed by atoms with van der Waals surface area (Å²) < 4.78 is 13.9. The highest BCUT2D eigenvalue weighted by Gasteiger charge is 2.13. The maximum absolute atomic E-state index is 13.2. The van der Waals surface area contributed by atoms with Crippen LogP contribution in [0.4, 0.5) is 4.39 Å². The number of aryl methyl sites for hydroxylation is 1. The molecule has 1 nitrogen and oxygen atoms in total. The zero-order valence-corrected chi connectivity index (χ0v) is 12.6. The molecular formula is C15H11BrClFO. The Kier molecular flexibility index (Phi) is 4.38. The van der Waals surface area contributed by atoms with E-state index in [0.717, 1.165) is 10.0 Å². The third kappa shape index (κ3) is 3.43. The van der Waals surface area contributed by atoms with Crippen LogP contribution in [-0.2, 0) is 6.42 Å². The molecule has 0 aliphatic heterocycles. The average molecular weight is 342 g/mol. The van der Waals surface area contributed by atoms with Crippen molar-refractivity contribution in [3.63, 3.8) is 0 Å². The molecule has 0 heterocycles. The van der Waals surface area contributed by atoms with Crippen LogP contribution >= 0.6 is 27.5 Å². The molecule has 0 fully saturated rings. The predicted molar refractivity (Wildman–Crippen MR) is 78.3 cm³/mol. The van der Waals surface area contributed by atoms with E-state index in [9.17, 15) is 9.18 Å². The van der Waals surface area contributed by atoms with E-state index in [-0.39, 0.29) is 12.2 Å². The highest BCUT2D eigenvalue weighted by Crippen LogP contribution is 2.23. The summed E-state index contributed by atoms with van der Waals surface area (Å²) in [6, 6.07) is 9.58. The summed E-state index contributed by atoms with van der Waals surface area (Å²) >= 11 is 9.32. The van der Waals surface area contributed by atoms with E-state index < -0.39 is 5.82 Å². The Labute approximate surface area is 124 Å². The minimum atomic E-state index is -0.393. The lowest BCUT2D eigenvalue weighted by Crippen LogP contribution is -2.05. The summed E-state index contributed by atoms with van der Waals surface area (Å²) in [4.78, 5) is 12.2. The zero-order chi connectivity index (χ0) is 14.0. The first-order valence-electron chi connectivity index (χ1n) is 5.70. The van der Waals surface area contributed by atoms with E-state index in [4.69, 9.17) is 11.6 Å². The second-order valence-corrected chi connectivity index (χ2v) is 5.58. The van der Waals surface area contributed by atoms with E-state index in [1.165, 1.54) is 18.2 Å². The number of benzene rings is 2. The molecule has 0 amide bonds. The van der Waals surface area contributed by atoms with Crippen molar-refractivity contribution in [1.29, 1.82) is 0 Å². The first kappa shape index (κ1) is 14.2. The van der Waals surface area contributed by atoms with E-state index in [1.54, 1.807) is 6.07 Å². The minimum absolute atomic E-state index is 0.0820. The van der Waals surface area contributed by atoms with Gasteiger partial charge in [0.25, 0.3) is 0 Å². The van der Waals surface area contributed by atoms with Crippen LogP contribution in [0.5, 0.6) is 0 Å². The molecule has 0 unspecified atom stereocenters. The molecule has 0 aliphatic rings. The highest BCUT2D eigenvalue weighted by molar-refractivity contribution is 9.10. The SMILES string of the molecule is Cc1ccc(Br)c(C(=O)Cc2cc(F)ccc2Cl)c1. The molecule has 0 saturated heterocycles. The molecule has 0 spiro atoms. The Morgan fingerprint density at radius 3 is 2.74 bits per heavy atom. The number of carbonyl (C=O) groups is 1. The van der Waals surface area contributed by atoms with Gasteiger partial charge in [0.05, 0.1) is 0 Å². The summed E-state index contributed by atoms with van der Waals surface area (Å²) in [7, 11) is 0. The fourth-order valence-electron chi connectivity index (χ4n) is 1.80. The van der Waals surface area contributed by atoms with Gasteiger partial charge in [-0.2, -0.15) is 0 Å². The summed E-state index contributed by atoms with van der Waals surface area (Å²) in [5.74, 6) is -0.487. The molecule has 2 aromatic carbocycles. The average Bonchev–Trinajstić information content (AvgIpc) is 2.36. The van der Waals surface area contributed by atoms with E-state index in [2.05, 4.69) is 15.9 Å². The van der Waals surface area contributed by atoms with E-state index in [1.807, 2.05) is 19.1 Å². The Bertz CT molecular complexity index is 640. The fraction of sp³-hybridized carbons (Fsp3) is 0.133. The van der Waals surface area contributed by atoms with E-state index >= 15 is 0 Å². The first-order chi connectivity index (χ1) is 8.97. The number of Topliss-reactive ketones (excluding diaryl/α,β-unsaturated/α-hetero) is 1.